The van der Waals surface area contributed by atoms with Gasteiger partial charge in [-0.3, -0.25) is 0 Å². The van der Waals surface area contributed by atoms with Gasteiger partial charge in [-0.25, -0.2) is 0 Å². The third-order valence-corrected chi connectivity index (χ3v) is 5.18. The summed E-state index contributed by atoms with van der Waals surface area (Å²) in [5, 5.41) is 3.55. The van der Waals surface area contributed by atoms with Crippen LogP contribution in [0.3, 0.4) is 0 Å². The lowest BCUT2D eigenvalue weighted by Crippen LogP contribution is -2.15. The molecule has 0 aliphatic heterocycles. The van der Waals surface area contributed by atoms with E-state index in [1.54, 1.807) is 11.8 Å². The zero-order valence-corrected chi connectivity index (χ0v) is 13.9. The standard InChI is InChI=1S/C17H18BrNS/c1-12-2-7-15(8-3-12)20-16-9-4-13(17(18)10-16)11-19-14-5-6-14/h2-4,7-10,14,19H,5-6,11H2,1H3. The lowest BCUT2D eigenvalue weighted by molar-refractivity contribution is 0.685. The molecule has 0 radical (unpaired) electrons. The molecule has 3 heteroatoms. The number of nitrogens with one attached hydrogen (secondary N) is 1. The van der Waals surface area contributed by atoms with Gasteiger partial charge < -0.3 is 5.32 Å². The van der Waals surface area contributed by atoms with Crippen molar-refractivity contribution in [3.63, 3.8) is 0 Å². The van der Waals surface area contributed by atoms with Crippen molar-refractivity contribution in [3.8, 4) is 0 Å². The summed E-state index contributed by atoms with van der Waals surface area (Å²) in [6.07, 6.45) is 2.66. The molecule has 1 aliphatic rings. The molecule has 20 heavy (non-hydrogen) atoms. The van der Waals surface area contributed by atoms with E-state index in [2.05, 4.69) is 70.6 Å². The molecule has 0 saturated heterocycles. The van der Waals surface area contributed by atoms with Gasteiger partial charge >= 0.3 is 0 Å². The first-order valence-electron chi connectivity index (χ1n) is 6.97. The molecule has 3 rings (SSSR count). The second-order valence-corrected chi connectivity index (χ2v) is 7.32. The van der Waals surface area contributed by atoms with Crippen LogP contribution in [-0.2, 0) is 6.54 Å². The summed E-state index contributed by atoms with van der Waals surface area (Å²) in [4.78, 5) is 2.56. The van der Waals surface area contributed by atoms with Crippen molar-refractivity contribution in [3.05, 3.63) is 58.1 Å². The summed E-state index contributed by atoms with van der Waals surface area (Å²) in [6, 6.07) is 16.1. The zero-order valence-electron chi connectivity index (χ0n) is 11.5. The van der Waals surface area contributed by atoms with Gasteiger partial charge in [-0.1, -0.05) is 51.5 Å². The highest BCUT2D eigenvalue weighted by Crippen LogP contribution is 2.31. The highest BCUT2D eigenvalue weighted by molar-refractivity contribution is 9.10. The first-order chi connectivity index (χ1) is 9.70. The average molecular weight is 348 g/mol. The smallest absolute Gasteiger partial charge is 0.0231 e. The van der Waals surface area contributed by atoms with E-state index >= 15 is 0 Å². The summed E-state index contributed by atoms with van der Waals surface area (Å²) in [5.41, 5.74) is 2.64. The van der Waals surface area contributed by atoms with Gasteiger partial charge in [0.25, 0.3) is 0 Å². The molecule has 2 aromatic carbocycles. The van der Waals surface area contributed by atoms with Crippen LogP contribution in [0.1, 0.15) is 24.0 Å². The molecule has 0 amide bonds. The Morgan fingerprint density at radius 1 is 1.10 bits per heavy atom. The van der Waals surface area contributed by atoms with Crippen molar-refractivity contribution in [2.24, 2.45) is 0 Å². The molecule has 0 spiro atoms. The van der Waals surface area contributed by atoms with Gasteiger partial charge in [-0.15, -0.1) is 0 Å². The van der Waals surface area contributed by atoms with Gasteiger partial charge in [0.05, 0.1) is 0 Å². The largest absolute Gasteiger partial charge is 0.310 e. The van der Waals surface area contributed by atoms with Crippen LogP contribution in [0.4, 0.5) is 0 Å². The zero-order chi connectivity index (χ0) is 13.9. The second kappa shape index (κ2) is 6.33. The SMILES string of the molecule is Cc1ccc(Sc2ccc(CNC3CC3)c(Br)c2)cc1. The van der Waals surface area contributed by atoms with Crippen LogP contribution in [0.2, 0.25) is 0 Å². The Morgan fingerprint density at radius 3 is 2.45 bits per heavy atom. The van der Waals surface area contributed by atoms with E-state index in [1.807, 2.05) is 0 Å². The molecule has 2 aromatic rings. The molecule has 1 saturated carbocycles. The Morgan fingerprint density at radius 2 is 1.80 bits per heavy atom. The van der Waals surface area contributed by atoms with E-state index in [0.29, 0.717) is 0 Å². The maximum atomic E-state index is 3.69. The van der Waals surface area contributed by atoms with E-state index in [1.165, 1.54) is 38.2 Å². The van der Waals surface area contributed by atoms with Crippen LogP contribution in [0.15, 0.2) is 56.7 Å². The summed E-state index contributed by atoms with van der Waals surface area (Å²) in [5.74, 6) is 0. The molecule has 104 valence electrons. The minimum atomic E-state index is 0.753. The highest BCUT2D eigenvalue weighted by Gasteiger charge is 2.20. The highest BCUT2D eigenvalue weighted by atomic mass is 79.9. The Labute approximate surface area is 133 Å². The first-order valence-corrected chi connectivity index (χ1v) is 8.58. The summed E-state index contributed by atoms with van der Waals surface area (Å²) >= 11 is 5.49. The molecule has 0 bridgehead atoms. The second-order valence-electron chi connectivity index (χ2n) is 5.32. The molecule has 0 heterocycles. The van der Waals surface area contributed by atoms with Gasteiger partial charge in [0, 0.05) is 26.9 Å². The Kier molecular flexibility index (Phi) is 4.49. The van der Waals surface area contributed by atoms with Gasteiger partial charge in [-0.2, -0.15) is 0 Å². The number of rotatable bonds is 5. The predicted octanol–water partition coefficient (Wildman–Crippen LogP) is 5.16. The van der Waals surface area contributed by atoms with Crippen molar-refractivity contribution in [2.75, 3.05) is 0 Å². The van der Waals surface area contributed by atoms with E-state index < -0.39 is 0 Å². The van der Waals surface area contributed by atoms with Crippen molar-refractivity contribution in [2.45, 2.75) is 42.1 Å². The fourth-order valence-electron chi connectivity index (χ4n) is 2.02. The average Bonchev–Trinajstić information content (AvgIpc) is 3.25. The number of halogens is 1. The Hall–Kier alpha value is -0.770. The fraction of sp³-hybridized carbons (Fsp3) is 0.294. The maximum absolute atomic E-state index is 3.69. The van der Waals surface area contributed by atoms with Crippen LogP contribution >= 0.6 is 27.7 Å². The molecule has 0 unspecified atom stereocenters. The molecule has 0 atom stereocenters. The van der Waals surface area contributed by atoms with E-state index in [4.69, 9.17) is 0 Å². The van der Waals surface area contributed by atoms with Crippen LogP contribution in [0.25, 0.3) is 0 Å². The Bertz CT molecular complexity index is 590. The van der Waals surface area contributed by atoms with Crippen molar-refractivity contribution in [1.29, 1.82) is 0 Å². The Balaban J connectivity index is 1.67. The van der Waals surface area contributed by atoms with Gasteiger partial charge in [0.2, 0.25) is 0 Å². The topological polar surface area (TPSA) is 12.0 Å². The van der Waals surface area contributed by atoms with Crippen molar-refractivity contribution < 1.29 is 0 Å². The number of hydrogen-bond donors (Lipinski definition) is 1. The molecular weight excluding hydrogens is 330 g/mol. The molecule has 1 aliphatic carbocycles. The minimum absolute atomic E-state index is 0.753. The monoisotopic (exact) mass is 347 g/mol. The first kappa shape index (κ1) is 14.2. The molecule has 1 fully saturated rings. The van der Waals surface area contributed by atoms with Gasteiger partial charge in [0.1, 0.15) is 0 Å². The third kappa shape index (κ3) is 3.87. The minimum Gasteiger partial charge on any atom is -0.310 e. The van der Waals surface area contributed by atoms with E-state index in [0.717, 1.165) is 12.6 Å². The number of benzene rings is 2. The van der Waals surface area contributed by atoms with E-state index in [-0.39, 0.29) is 0 Å². The van der Waals surface area contributed by atoms with Crippen LogP contribution in [0.5, 0.6) is 0 Å². The number of hydrogen-bond acceptors (Lipinski definition) is 2. The van der Waals surface area contributed by atoms with Crippen LogP contribution < -0.4 is 5.32 Å². The number of aryl methyl sites for hydroxylation is 1. The maximum Gasteiger partial charge on any atom is 0.0231 e. The van der Waals surface area contributed by atoms with Crippen LogP contribution in [0, 0.1) is 6.92 Å². The molecule has 1 nitrogen and oxygen atoms in total. The van der Waals surface area contributed by atoms with E-state index in [9.17, 15) is 0 Å². The lowest BCUT2D eigenvalue weighted by atomic mass is 10.2. The summed E-state index contributed by atoms with van der Waals surface area (Å²) < 4.78 is 1.20. The van der Waals surface area contributed by atoms with Crippen molar-refractivity contribution >= 4 is 27.7 Å². The van der Waals surface area contributed by atoms with Gasteiger partial charge in [0.15, 0.2) is 0 Å². The normalized spacial score (nSPS) is 14.5. The fourth-order valence-corrected chi connectivity index (χ4v) is 3.55. The quantitative estimate of drug-likeness (QED) is 0.801. The molecule has 0 aromatic heterocycles. The third-order valence-electron chi connectivity index (χ3n) is 3.44. The van der Waals surface area contributed by atoms with Crippen LogP contribution in [-0.4, -0.2) is 6.04 Å². The lowest BCUT2D eigenvalue weighted by Gasteiger charge is -2.08. The summed E-state index contributed by atoms with van der Waals surface area (Å²) in [7, 11) is 0. The molecule has 1 N–H and O–H groups in total. The van der Waals surface area contributed by atoms with Crippen molar-refractivity contribution in [1.82, 2.24) is 5.32 Å². The predicted molar refractivity (Wildman–Crippen MR) is 89.3 cm³/mol. The van der Waals surface area contributed by atoms with Gasteiger partial charge in [-0.05, 0) is 49.6 Å². The molecular formula is C17H18BrNS. The summed E-state index contributed by atoms with van der Waals surface area (Å²) in [6.45, 7) is 3.08.